The molecule has 2 aromatic heterocycles. The van der Waals surface area contributed by atoms with E-state index in [4.69, 9.17) is 12.2 Å². The van der Waals surface area contributed by atoms with Crippen LogP contribution in [0.3, 0.4) is 0 Å². The molecule has 0 radical (unpaired) electrons. The largest absolute Gasteiger partial charge is 0.290 e. The van der Waals surface area contributed by atoms with E-state index in [9.17, 15) is 4.79 Å². The number of H-pyrrole nitrogens is 1. The van der Waals surface area contributed by atoms with Crippen molar-refractivity contribution in [1.82, 2.24) is 20.2 Å². The van der Waals surface area contributed by atoms with Gasteiger partial charge in [0, 0.05) is 0 Å². The van der Waals surface area contributed by atoms with Crippen molar-refractivity contribution >= 4 is 35.1 Å². The van der Waals surface area contributed by atoms with Gasteiger partial charge in [-0.2, -0.15) is 5.10 Å². The van der Waals surface area contributed by atoms with Crippen molar-refractivity contribution in [3.63, 3.8) is 0 Å². The maximum atomic E-state index is 12.9. The number of benzene rings is 2. The number of amides is 1. The number of hydrazine groups is 1. The smallest absolute Gasteiger partial charge is 0.258 e. The lowest BCUT2D eigenvalue weighted by Gasteiger charge is -2.25. The van der Waals surface area contributed by atoms with Gasteiger partial charge in [-0.15, -0.1) is 11.3 Å². The number of carbonyl (C=O) groups is 1. The van der Waals surface area contributed by atoms with E-state index in [1.165, 1.54) is 0 Å². The van der Waals surface area contributed by atoms with Crippen LogP contribution in [0.4, 0.5) is 5.69 Å². The van der Waals surface area contributed by atoms with Crippen LogP contribution in [0, 0.1) is 4.77 Å². The molecule has 0 saturated heterocycles. The van der Waals surface area contributed by atoms with Gasteiger partial charge in [0.1, 0.15) is 6.54 Å². The van der Waals surface area contributed by atoms with Crippen molar-refractivity contribution in [3.05, 3.63) is 88.5 Å². The lowest BCUT2D eigenvalue weighted by Crippen LogP contribution is -2.43. The minimum absolute atomic E-state index is 0.0701. The number of rotatable bonds is 7. The zero-order chi connectivity index (χ0) is 20.1. The van der Waals surface area contributed by atoms with Crippen LogP contribution in [0.5, 0.6) is 0 Å². The molecule has 1 amide bonds. The summed E-state index contributed by atoms with van der Waals surface area (Å²) in [5.41, 5.74) is 5.00. The molecule has 0 aliphatic rings. The first-order valence-electron chi connectivity index (χ1n) is 9.06. The SMILES string of the molecule is O=C(Cn1c(-c2cccs2)n[nH]c1=S)NN(Cc1ccccc1)c1ccccc1. The van der Waals surface area contributed by atoms with Gasteiger partial charge < -0.3 is 0 Å². The molecule has 0 aliphatic carbocycles. The number of thiophene rings is 1. The highest BCUT2D eigenvalue weighted by atomic mass is 32.1. The first-order valence-corrected chi connectivity index (χ1v) is 10.3. The van der Waals surface area contributed by atoms with Gasteiger partial charge in [-0.05, 0) is 41.4 Å². The fraction of sp³-hybridized carbons (Fsp3) is 0.0952. The van der Waals surface area contributed by atoms with Gasteiger partial charge >= 0.3 is 0 Å². The van der Waals surface area contributed by atoms with Crippen molar-refractivity contribution in [3.8, 4) is 10.7 Å². The number of anilines is 1. The maximum Gasteiger partial charge on any atom is 0.258 e. The predicted molar refractivity (Wildman–Crippen MR) is 118 cm³/mol. The Morgan fingerprint density at radius 3 is 2.48 bits per heavy atom. The van der Waals surface area contributed by atoms with Gasteiger partial charge in [-0.1, -0.05) is 54.6 Å². The third-order valence-electron chi connectivity index (χ3n) is 4.31. The second kappa shape index (κ2) is 8.85. The first kappa shape index (κ1) is 19.1. The normalized spacial score (nSPS) is 10.6. The molecule has 2 aromatic carbocycles. The molecular formula is C21H19N5OS2. The van der Waals surface area contributed by atoms with E-state index in [2.05, 4.69) is 15.6 Å². The summed E-state index contributed by atoms with van der Waals surface area (Å²) in [7, 11) is 0. The predicted octanol–water partition coefficient (Wildman–Crippen LogP) is 4.41. The number of carbonyl (C=O) groups excluding carboxylic acids is 1. The standard InChI is InChI=1S/C21H19N5OS2/c27-19(15-25-20(22-23-21(25)28)18-12-7-13-29-18)24-26(17-10-5-2-6-11-17)14-16-8-3-1-4-9-16/h1-13H,14-15H2,(H,23,28)(H,24,27). The molecule has 0 aliphatic heterocycles. The Hall–Kier alpha value is -3.23. The van der Waals surface area contributed by atoms with Crippen molar-refractivity contribution in [2.24, 2.45) is 0 Å². The van der Waals surface area contributed by atoms with Crippen LogP contribution in [0.2, 0.25) is 0 Å². The van der Waals surface area contributed by atoms with Gasteiger partial charge in [0.2, 0.25) is 0 Å². The fourth-order valence-corrected chi connectivity index (χ4v) is 3.88. The first-order chi connectivity index (χ1) is 14.2. The van der Waals surface area contributed by atoms with E-state index < -0.39 is 0 Å². The Morgan fingerprint density at radius 2 is 1.79 bits per heavy atom. The highest BCUT2D eigenvalue weighted by Gasteiger charge is 2.16. The van der Waals surface area contributed by atoms with Crippen molar-refractivity contribution in [1.29, 1.82) is 0 Å². The monoisotopic (exact) mass is 421 g/mol. The lowest BCUT2D eigenvalue weighted by molar-refractivity contribution is -0.121. The number of nitrogens with one attached hydrogen (secondary N) is 2. The quantitative estimate of drug-likeness (QED) is 0.343. The van der Waals surface area contributed by atoms with E-state index in [0.29, 0.717) is 17.1 Å². The summed E-state index contributed by atoms with van der Waals surface area (Å²) in [5, 5.41) is 10.9. The molecule has 146 valence electrons. The van der Waals surface area contributed by atoms with Gasteiger partial charge in [0.25, 0.3) is 5.91 Å². The van der Waals surface area contributed by atoms with Crippen LogP contribution in [0.25, 0.3) is 10.7 Å². The third kappa shape index (κ3) is 4.61. The van der Waals surface area contributed by atoms with Crippen LogP contribution in [-0.4, -0.2) is 20.7 Å². The van der Waals surface area contributed by atoms with Crippen molar-refractivity contribution in [2.75, 3.05) is 5.01 Å². The highest BCUT2D eigenvalue weighted by Crippen LogP contribution is 2.22. The Kier molecular flexibility index (Phi) is 5.83. The average Bonchev–Trinajstić information content (AvgIpc) is 3.39. The summed E-state index contributed by atoms with van der Waals surface area (Å²) in [6.45, 7) is 0.617. The maximum absolute atomic E-state index is 12.9. The molecule has 0 atom stereocenters. The topological polar surface area (TPSA) is 66.0 Å². The van der Waals surface area contributed by atoms with Crippen molar-refractivity contribution in [2.45, 2.75) is 13.1 Å². The summed E-state index contributed by atoms with van der Waals surface area (Å²) in [6, 6.07) is 23.7. The van der Waals surface area contributed by atoms with E-state index in [1.54, 1.807) is 15.9 Å². The molecule has 6 nitrogen and oxygen atoms in total. The Bertz CT molecular complexity index is 1120. The molecule has 0 saturated carbocycles. The molecule has 8 heteroatoms. The molecule has 2 heterocycles. The molecule has 0 spiro atoms. The molecule has 2 N–H and O–H groups in total. The molecule has 4 rings (SSSR count). The summed E-state index contributed by atoms with van der Waals surface area (Å²) >= 11 is 6.88. The minimum Gasteiger partial charge on any atom is -0.290 e. The van der Waals surface area contributed by atoms with Gasteiger partial charge in [-0.3, -0.25) is 24.9 Å². The Balaban J connectivity index is 1.55. The van der Waals surface area contributed by atoms with Gasteiger partial charge in [0.15, 0.2) is 10.6 Å². The van der Waals surface area contributed by atoms with Gasteiger partial charge in [0.05, 0.1) is 17.1 Å². The fourth-order valence-electron chi connectivity index (χ4n) is 2.96. The minimum atomic E-state index is -0.180. The molecule has 0 fully saturated rings. The van der Waals surface area contributed by atoms with Crippen LogP contribution < -0.4 is 10.4 Å². The lowest BCUT2D eigenvalue weighted by atomic mass is 10.2. The van der Waals surface area contributed by atoms with Crippen LogP contribution in [0.1, 0.15) is 5.56 Å². The van der Waals surface area contributed by atoms with Gasteiger partial charge in [-0.25, -0.2) is 0 Å². The average molecular weight is 422 g/mol. The zero-order valence-electron chi connectivity index (χ0n) is 15.5. The second-order valence-electron chi connectivity index (χ2n) is 6.36. The number of hydrogen-bond donors (Lipinski definition) is 2. The second-order valence-corrected chi connectivity index (χ2v) is 7.69. The van der Waals surface area contributed by atoms with Crippen LogP contribution >= 0.6 is 23.6 Å². The van der Waals surface area contributed by atoms with Crippen LogP contribution in [0.15, 0.2) is 78.2 Å². The molecule has 0 unspecified atom stereocenters. The van der Waals surface area contributed by atoms with E-state index in [-0.39, 0.29) is 12.5 Å². The van der Waals surface area contributed by atoms with Crippen molar-refractivity contribution < 1.29 is 4.79 Å². The highest BCUT2D eigenvalue weighted by molar-refractivity contribution is 7.71. The van der Waals surface area contributed by atoms with E-state index >= 15 is 0 Å². The number of para-hydroxylation sites is 1. The number of hydrogen-bond acceptors (Lipinski definition) is 5. The van der Waals surface area contributed by atoms with E-state index in [0.717, 1.165) is 16.1 Å². The molecule has 29 heavy (non-hydrogen) atoms. The summed E-state index contributed by atoms with van der Waals surface area (Å²) in [6.07, 6.45) is 0. The Morgan fingerprint density at radius 1 is 1.07 bits per heavy atom. The summed E-state index contributed by atoms with van der Waals surface area (Å²) in [4.78, 5) is 13.9. The number of aromatic nitrogens is 3. The number of nitrogens with zero attached hydrogens (tertiary/aromatic N) is 3. The summed E-state index contributed by atoms with van der Waals surface area (Å²) in [5.74, 6) is 0.481. The molecule has 4 aromatic rings. The van der Waals surface area contributed by atoms with Crippen LogP contribution in [-0.2, 0) is 17.9 Å². The Labute approximate surface area is 177 Å². The molecular weight excluding hydrogens is 402 g/mol. The number of aromatic amines is 1. The third-order valence-corrected chi connectivity index (χ3v) is 5.49. The van der Waals surface area contributed by atoms with E-state index in [1.807, 2.05) is 83.2 Å². The zero-order valence-corrected chi connectivity index (χ0v) is 17.1. The summed E-state index contributed by atoms with van der Waals surface area (Å²) < 4.78 is 2.13. The molecule has 0 bridgehead atoms.